The zero-order valence-corrected chi connectivity index (χ0v) is 10.1. The molecule has 0 spiro atoms. The van der Waals surface area contributed by atoms with Crippen molar-refractivity contribution in [3.63, 3.8) is 0 Å². The highest BCUT2D eigenvalue weighted by Crippen LogP contribution is 1.93. The van der Waals surface area contributed by atoms with Crippen LogP contribution in [0.15, 0.2) is 0 Å². The van der Waals surface area contributed by atoms with Crippen molar-refractivity contribution in [3.8, 4) is 0 Å². The van der Waals surface area contributed by atoms with Gasteiger partial charge in [0.15, 0.2) is 0 Å². The van der Waals surface area contributed by atoms with E-state index in [1.165, 1.54) is 0 Å². The molecule has 0 aromatic rings. The van der Waals surface area contributed by atoms with E-state index in [-0.39, 0.29) is 5.91 Å². The third-order valence-electron chi connectivity index (χ3n) is 1.88. The molecule has 0 aliphatic carbocycles. The van der Waals surface area contributed by atoms with Crippen LogP contribution in [0.1, 0.15) is 33.6 Å². The first kappa shape index (κ1) is 14.4. The third kappa shape index (κ3) is 11.3. The molecule has 0 saturated heterocycles. The maximum absolute atomic E-state index is 11.1. The molecule has 0 fully saturated rings. The van der Waals surface area contributed by atoms with Gasteiger partial charge in [-0.05, 0) is 33.2 Å². The Bertz CT molecular complexity index is 161. The van der Waals surface area contributed by atoms with Crippen molar-refractivity contribution in [2.75, 3.05) is 26.2 Å². The van der Waals surface area contributed by atoms with Crippen LogP contribution < -0.4 is 10.6 Å². The number of carbonyl (C=O) groups is 1. The number of likely N-dealkylation sites (N-methyl/N-ethyl adjacent to an activating group) is 1. The lowest BCUT2D eigenvalue weighted by molar-refractivity contribution is -0.120. The molecule has 0 atom stereocenters. The lowest BCUT2D eigenvalue weighted by Crippen LogP contribution is -2.34. The van der Waals surface area contributed by atoms with Crippen LogP contribution in [0.5, 0.6) is 0 Å². The molecule has 15 heavy (non-hydrogen) atoms. The second kappa shape index (κ2) is 9.93. The second-order valence-electron chi connectivity index (χ2n) is 3.76. The number of ether oxygens (including phenoxy) is 1. The fourth-order valence-electron chi connectivity index (χ4n) is 1.07. The van der Waals surface area contributed by atoms with Crippen LogP contribution in [0.2, 0.25) is 0 Å². The summed E-state index contributed by atoms with van der Waals surface area (Å²) >= 11 is 0. The largest absolute Gasteiger partial charge is 0.379 e. The van der Waals surface area contributed by atoms with Gasteiger partial charge in [-0.3, -0.25) is 4.79 Å². The normalized spacial score (nSPS) is 10.7. The summed E-state index contributed by atoms with van der Waals surface area (Å²) in [5, 5.41) is 5.83. The molecule has 0 bridgehead atoms. The zero-order valence-electron chi connectivity index (χ0n) is 10.1. The highest BCUT2D eigenvalue weighted by molar-refractivity contribution is 5.77. The highest BCUT2D eigenvalue weighted by atomic mass is 16.5. The number of hydrogen-bond donors (Lipinski definition) is 2. The van der Waals surface area contributed by atoms with Gasteiger partial charge >= 0.3 is 0 Å². The number of unbranched alkanes of at least 4 members (excludes halogenated alkanes) is 1. The van der Waals surface area contributed by atoms with Gasteiger partial charge in [0.25, 0.3) is 0 Å². The fraction of sp³-hybridized carbons (Fsp3) is 0.909. The van der Waals surface area contributed by atoms with Gasteiger partial charge in [0.05, 0.1) is 12.6 Å². The molecule has 0 saturated carbocycles. The van der Waals surface area contributed by atoms with E-state index < -0.39 is 0 Å². The molecule has 0 rings (SSSR count). The summed E-state index contributed by atoms with van der Waals surface area (Å²) in [4.78, 5) is 11.1. The van der Waals surface area contributed by atoms with Crippen molar-refractivity contribution >= 4 is 5.91 Å². The van der Waals surface area contributed by atoms with Crippen molar-refractivity contribution in [3.05, 3.63) is 0 Å². The molecular formula is C11H24N2O2. The van der Waals surface area contributed by atoms with Crippen LogP contribution in [0.25, 0.3) is 0 Å². The van der Waals surface area contributed by atoms with Crippen LogP contribution in [-0.4, -0.2) is 38.3 Å². The fourth-order valence-corrected chi connectivity index (χ4v) is 1.07. The van der Waals surface area contributed by atoms with E-state index in [0.717, 1.165) is 32.5 Å². The third-order valence-corrected chi connectivity index (χ3v) is 1.88. The van der Waals surface area contributed by atoms with Gasteiger partial charge in [-0.25, -0.2) is 0 Å². The van der Waals surface area contributed by atoms with E-state index in [1.807, 2.05) is 20.8 Å². The van der Waals surface area contributed by atoms with Gasteiger partial charge in [-0.1, -0.05) is 6.92 Å². The van der Waals surface area contributed by atoms with Gasteiger partial charge < -0.3 is 15.4 Å². The molecule has 0 aromatic carbocycles. The summed E-state index contributed by atoms with van der Waals surface area (Å²) in [7, 11) is 0. The first-order chi connectivity index (χ1) is 7.16. The van der Waals surface area contributed by atoms with Gasteiger partial charge in [-0.2, -0.15) is 0 Å². The van der Waals surface area contributed by atoms with Gasteiger partial charge in [0, 0.05) is 13.2 Å². The van der Waals surface area contributed by atoms with Crippen LogP contribution in [0.3, 0.4) is 0 Å². The van der Waals surface area contributed by atoms with Crippen molar-refractivity contribution in [2.45, 2.75) is 39.7 Å². The van der Waals surface area contributed by atoms with E-state index in [0.29, 0.717) is 12.6 Å². The number of hydrogen-bond acceptors (Lipinski definition) is 3. The Labute approximate surface area is 92.8 Å². The number of amides is 1. The lowest BCUT2D eigenvalue weighted by atomic mass is 10.3. The molecule has 90 valence electrons. The summed E-state index contributed by atoms with van der Waals surface area (Å²) < 4.78 is 5.39. The average molecular weight is 216 g/mol. The van der Waals surface area contributed by atoms with E-state index in [2.05, 4.69) is 10.6 Å². The minimum atomic E-state index is 0.0710. The van der Waals surface area contributed by atoms with Crippen LogP contribution >= 0.6 is 0 Å². The Balaban J connectivity index is 3.13. The molecule has 0 unspecified atom stereocenters. The first-order valence-electron chi connectivity index (χ1n) is 5.75. The van der Waals surface area contributed by atoms with E-state index >= 15 is 0 Å². The quantitative estimate of drug-likeness (QED) is 0.563. The van der Waals surface area contributed by atoms with Crippen LogP contribution in [0.4, 0.5) is 0 Å². The molecule has 0 heterocycles. The standard InChI is InChI=1S/C11H24N2O2/c1-4-12-9-11(14)13-7-5-6-8-15-10(2)3/h10,12H,4-9H2,1-3H3,(H,13,14). The number of carbonyl (C=O) groups excluding carboxylic acids is 1. The maximum atomic E-state index is 11.1. The van der Waals surface area contributed by atoms with Gasteiger partial charge in [0.1, 0.15) is 0 Å². The van der Waals surface area contributed by atoms with E-state index in [1.54, 1.807) is 0 Å². The van der Waals surface area contributed by atoms with Gasteiger partial charge in [-0.15, -0.1) is 0 Å². The minimum absolute atomic E-state index is 0.0710. The summed E-state index contributed by atoms with van der Waals surface area (Å²) in [5.74, 6) is 0.0710. The smallest absolute Gasteiger partial charge is 0.233 e. The van der Waals surface area contributed by atoms with Gasteiger partial charge in [0.2, 0.25) is 5.91 Å². The summed E-state index contributed by atoms with van der Waals surface area (Å²) in [6.07, 6.45) is 2.28. The van der Waals surface area contributed by atoms with E-state index in [4.69, 9.17) is 4.74 Å². The van der Waals surface area contributed by atoms with Crippen LogP contribution in [0, 0.1) is 0 Å². The lowest BCUT2D eigenvalue weighted by Gasteiger charge is -2.08. The Morgan fingerprint density at radius 1 is 1.33 bits per heavy atom. The molecule has 0 aromatic heterocycles. The molecule has 0 aliphatic rings. The van der Waals surface area contributed by atoms with Crippen LogP contribution in [-0.2, 0) is 9.53 Å². The Morgan fingerprint density at radius 3 is 2.67 bits per heavy atom. The van der Waals surface area contributed by atoms with Crippen molar-refractivity contribution in [2.24, 2.45) is 0 Å². The SMILES string of the molecule is CCNCC(=O)NCCCCOC(C)C. The summed E-state index contributed by atoms with van der Waals surface area (Å²) in [6.45, 7) is 8.80. The minimum Gasteiger partial charge on any atom is -0.379 e. The number of rotatable bonds is 9. The average Bonchev–Trinajstić information content (AvgIpc) is 2.19. The van der Waals surface area contributed by atoms with Crippen molar-refractivity contribution < 1.29 is 9.53 Å². The predicted molar refractivity (Wildman–Crippen MR) is 61.9 cm³/mol. The monoisotopic (exact) mass is 216 g/mol. The molecule has 0 radical (unpaired) electrons. The van der Waals surface area contributed by atoms with Crippen molar-refractivity contribution in [1.82, 2.24) is 10.6 Å². The highest BCUT2D eigenvalue weighted by Gasteiger charge is 1.98. The Hall–Kier alpha value is -0.610. The topological polar surface area (TPSA) is 50.4 Å². The number of nitrogens with one attached hydrogen (secondary N) is 2. The first-order valence-corrected chi connectivity index (χ1v) is 5.75. The maximum Gasteiger partial charge on any atom is 0.233 e. The second-order valence-corrected chi connectivity index (χ2v) is 3.76. The molecule has 2 N–H and O–H groups in total. The molecule has 0 aliphatic heterocycles. The van der Waals surface area contributed by atoms with Crippen molar-refractivity contribution in [1.29, 1.82) is 0 Å². The molecule has 1 amide bonds. The summed E-state index contributed by atoms with van der Waals surface area (Å²) in [5.41, 5.74) is 0. The Morgan fingerprint density at radius 2 is 2.07 bits per heavy atom. The zero-order chi connectivity index (χ0) is 11.5. The molecule has 4 heteroatoms. The Kier molecular flexibility index (Phi) is 9.52. The summed E-state index contributed by atoms with van der Waals surface area (Å²) in [6, 6.07) is 0. The predicted octanol–water partition coefficient (Wildman–Crippen LogP) is 0.917. The molecule has 4 nitrogen and oxygen atoms in total. The van der Waals surface area contributed by atoms with E-state index in [9.17, 15) is 4.79 Å². The molecular weight excluding hydrogens is 192 g/mol.